The van der Waals surface area contributed by atoms with Crippen molar-refractivity contribution in [1.29, 1.82) is 0 Å². The summed E-state index contributed by atoms with van der Waals surface area (Å²) in [5, 5.41) is 16.5. The van der Waals surface area contributed by atoms with Crippen LogP contribution in [0.2, 0.25) is 5.02 Å². The number of fused-ring (bicyclic) bond motifs is 2. The Morgan fingerprint density at radius 3 is 2.38 bits per heavy atom. The maximum Gasteiger partial charge on any atom is 0.272 e. The summed E-state index contributed by atoms with van der Waals surface area (Å²) in [4.78, 5) is 29.6. The number of ether oxygens (including phenoxy) is 2. The van der Waals surface area contributed by atoms with Crippen LogP contribution in [0.5, 0.6) is 5.75 Å². The van der Waals surface area contributed by atoms with E-state index >= 15 is 4.39 Å². The number of carbonyl (C=O) groups excluding carboxylic acids is 1. The minimum Gasteiger partial charge on any atom is -0.494 e. The molecule has 0 spiro atoms. The number of benzene rings is 5. The van der Waals surface area contributed by atoms with Crippen LogP contribution in [-0.4, -0.2) is 88.6 Å². The van der Waals surface area contributed by atoms with Crippen LogP contribution in [0.25, 0.3) is 32.8 Å². The number of allylic oxidation sites excluding steroid dienone is 1. The summed E-state index contributed by atoms with van der Waals surface area (Å²) in [5.41, 5.74) is 6.23. The van der Waals surface area contributed by atoms with E-state index in [4.69, 9.17) is 21.1 Å². The molecule has 2 N–H and O–H groups in total. The predicted octanol–water partition coefficient (Wildman–Crippen LogP) is 8.93. The number of amides is 1. The molecule has 1 aliphatic rings. The molecule has 1 amide bonds. The average Bonchev–Trinajstić information content (AvgIpc) is 3.76. The first kappa shape index (κ1) is 41.5. The summed E-state index contributed by atoms with van der Waals surface area (Å²) in [6, 6.07) is 30.5. The van der Waals surface area contributed by atoms with Gasteiger partial charge in [0, 0.05) is 73.5 Å². The van der Waals surface area contributed by atoms with Crippen LogP contribution in [0.15, 0.2) is 114 Å². The van der Waals surface area contributed by atoms with Gasteiger partial charge in [-0.15, -0.1) is 0 Å². The molecule has 1 aliphatic heterocycles. The summed E-state index contributed by atoms with van der Waals surface area (Å²) in [6.45, 7) is 6.58. The maximum atomic E-state index is 15.3. The minimum atomic E-state index is -0.565. The lowest BCUT2D eigenvalue weighted by Crippen LogP contribution is -2.49. The number of hydrogen-bond donors (Lipinski definition) is 2. The van der Waals surface area contributed by atoms with Gasteiger partial charge < -0.3 is 14.4 Å². The number of aromatic nitrogens is 4. The Hall–Kier alpha value is -6.21. The maximum absolute atomic E-state index is 15.3. The molecule has 0 aliphatic carbocycles. The molecule has 1 saturated heterocycles. The summed E-state index contributed by atoms with van der Waals surface area (Å²) in [7, 11) is 0. The Morgan fingerprint density at radius 1 is 0.803 bits per heavy atom. The highest BCUT2D eigenvalue weighted by Gasteiger charge is 2.25. The fourth-order valence-corrected chi connectivity index (χ4v) is 8.06. The van der Waals surface area contributed by atoms with Crippen LogP contribution in [0.1, 0.15) is 58.1 Å². The molecule has 0 radical (unpaired) electrons. The molecule has 61 heavy (non-hydrogen) atoms. The Labute approximate surface area is 356 Å². The Bertz CT molecular complexity index is 2760. The van der Waals surface area contributed by atoms with Crippen LogP contribution in [0, 0.1) is 11.6 Å². The molecule has 3 heterocycles. The van der Waals surface area contributed by atoms with Gasteiger partial charge in [-0.3, -0.25) is 19.6 Å². The van der Waals surface area contributed by atoms with E-state index in [1.165, 1.54) is 12.1 Å². The van der Waals surface area contributed by atoms with Gasteiger partial charge in [0.05, 0.1) is 41.6 Å². The quantitative estimate of drug-likeness (QED) is 0.0783. The van der Waals surface area contributed by atoms with Crippen molar-refractivity contribution < 1.29 is 23.0 Å². The number of H-pyrrole nitrogens is 2. The normalized spacial score (nSPS) is 13.8. The van der Waals surface area contributed by atoms with E-state index < -0.39 is 5.82 Å². The average molecular weight is 843 g/mol. The number of aromatic amines is 2. The molecular formula is C48H45ClF2N6O4. The van der Waals surface area contributed by atoms with Crippen LogP contribution in [0.3, 0.4) is 0 Å². The number of nitrogens with zero attached hydrogens (tertiary/aromatic N) is 4. The lowest BCUT2D eigenvalue weighted by Gasteiger charge is -2.34. The van der Waals surface area contributed by atoms with Gasteiger partial charge in [-0.2, -0.15) is 10.2 Å². The third kappa shape index (κ3) is 9.57. The summed E-state index contributed by atoms with van der Waals surface area (Å²) in [6.07, 6.45) is 3.42. The highest BCUT2D eigenvalue weighted by molar-refractivity contribution is 6.30. The number of halogens is 3. The Balaban J connectivity index is 0.797. The van der Waals surface area contributed by atoms with Crippen molar-refractivity contribution in [2.75, 3.05) is 52.5 Å². The first-order valence-electron chi connectivity index (χ1n) is 20.4. The van der Waals surface area contributed by atoms with Gasteiger partial charge in [-0.1, -0.05) is 67.1 Å². The second-order valence-electron chi connectivity index (χ2n) is 15.0. The Kier molecular flexibility index (Phi) is 12.9. The molecular weight excluding hydrogens is 798 g/mol. The van der Waals surface area contributed by atoms with E-state index in [2.05, 4.69) is 31.4 Å². The van der Waals surface area contributed by atoms with Gasteiger partial charge in [0.25, 0.3) is 11.5 Å². The van der Waals surface area contributed by atoms with Crippen molar-refractivity contribution in [1.82, 2.24) is 30.2 Å². The van der Waals surface area contributed by atoms with E-state index in [-0.39, 0.29) is 22.8 Å². The van der Waals surface area contributed by atoms with Gasteiger partial charge in [0.1, 0.15) is 17.4 Å². The minimum absolute atomic E-state index is 0.0304. The molecule has 0 unspecified atom stereocenters. The summed E-state index contributed by atoms with van der Waals surface area (Å²) >= 11 is 6.11. The first-order valence-corrected chi connectivity index (χ1v) is 20.8. The fraction of sp³-hybridized carbons (Fsp3) is 0.250. The number of hydrogen-bond acceptors (Lipinski definition) is 7. The standard InChI is InChI=1S/C48H45ClF2N6O4/c1-2-37(38-15-12-35(49)29-43(38)51)46(33-11-17-44-34(28-33)30-52-53-44)32-9-13-36(14-10-32)61-24-5-23-60-25-22-56-18-20-57(21-19-56)48(59)41-26-31(8-16-42(41)50)27-45-39-6-3-4-7-40(39)47(58)55-54-45/h3-4,6-17,26,28-30H,2,5,18-25,27H2,1H3,(H,52,53)(H,55,58). The zero-order valence-electron chi connectivity index (χ0n) is 33.7. The predicted molar refractivity (Wildman–Crippen MR) is 235 cm³/mol. The van der Waals surface area contributed by atoms with E-state index in [1.807, 2.05) is 55.5 Å². The largest absolute Gasteiger partial charge is 0.494 e. The van der Waals surface area contributed by atoms with Gasteiger partial charge in [0.2, 0.25) is 0 Å². The van der Waals surface area contributed by atoms with Crippen LogP contribution >= 0.6 is 11.6 Å². The second-order valence-corrected chi connectivity index (χ2v) is 15.4. The highest BCUT2D eigenvalue weighted by Crippen LogP contribution is 2.37. The summed E-state index contributed by atoms with van der Waals surface area (Å²) in [5.74, 6) is -0.549. The molecule has 0 saturated carbocycles. The topological polar surface area (TPSA) is 116 Å². The third-order valence-electron chi connectivity index (χ3n) is 11.1. The molecule has 1 fully saturated rings. The van der Waals surface area contributed by atoms with E-state index in [0.717, 1.165) is 56.4 Å². The molecule has 7 aromatic rings. The van der Waals surface area contributed by atoms with Crippen LogP contribution in [-0.2, 0) is 11.2 Å². The molecule has 2 aromatic heterocycles. The van der Waals surface area contributed by atoms with Crippen molar-refractivity contribution in [3.05, 3.63) is 170 Å². The van der Waals surface area contributed by atoms with Crippen molar-refractivity contribution in [2.24, 2.45) is 0 Å². The zero-order chi connectivity index (χ0) is 42.3. The van der Waals surface area contributed by atoms with Crippen molar-refractivity contribution in [3.8, 4) is 5.75 Å². The summed E-state index contributed by atoms with van der Waals surface area (Å²) < 4.78 is 42.2. The number of nitrogens with one attached hydrogen (secondary N) is 2. The molecule has 0 atom stereocenters. The molecule has 13 heteroatoms. The van der Waals surface area contributed by atoms with E-state index in [1.54, 1.807) is 47.5 Å². The number of piperazine rings is 1. The second kappa shape index (κ2) is 19.0. The lowest BCUT2D eigenvalue weighted by molar-refractivity contribution is 0.0535. The van der Waals surface area contributed by atoms with Crippen molar-refractivity contribution in [3.63, 3.8) is 0 Å². The monoisotopic (exact) mass is 842 g/mol. The van der Waals surface area contributed by atoms with Crippen molar-refractivity contribution in [2.45, 2.75) is 26.2 Å². The van der Waals surface area contributed by atoms with E-state index in [9.17, 15) is 14.0 Å². The van der Waals surface area contributed by atoms with Gasteiger partial charge in [-0.25, -0.2) is 13.9 Å². The zero-order valence-corrected chi connectivity index (χ0v) is 34.5. The molecule has 10 nitrogen and oxygen atoms in total. The smallest absolute Gasteiger partial charge is 0.272 e. The van der Waals surface area contributed by atoms with Gasteiger partial charge in [0.15, 0.2) is 0 Å². The van der Waals surface area contributed by atoms with Crippen molar-refractivity contribution >= 4 is 50.3 Å². The molecule has 312 valence electrons. The van der Waals surface area contributed by atoms with E-state index in [0.29, 0.717) is 86.9 Å². The lowest BCUT2D eigenvalue weighted by atomic mass is 9.87. The van der Waals surface area contributed by atoms with Gasteiger partial charge >= 0.3 is 0 Å². The fourth-order valence-electron chi connectivity index (χ4n) is 7.90. The number of carbonyl (C=O) groups is 1. The highest BCUT2D eigenvalue weighted by atomic mass is 35.5. The van der Waals surface area contributed by atoms with Crippen LogP contribution in [0.4, 0.5) is 8.78 Å². The number of rotatable bonds is 15. The third-order valence-corrected chi connectivity index (χ3v) is 11.3. The van der Waals surface area contributed by atoms with Gasteiger partial charge in [-0.05, 0) is 88.9 Å². The Morgan fingerprint density at radius 2 is 1.59 bits per heavy atom. The molecule has 5 aromatic carbocycles. The SMILES string of the molecule is CCC(=C(c1ccc(OCCCOCCN2CCN(C(=O)c3cc(Cc4n[nH]c(=O)c5ccccc45)ccc3F)CC2)cc1)c1ccc2[nH]ncc2c1)c1ccc(Cl)cc1F. The molecule has 0 bridgehead atoms. The van der Waals surface area contributed by atoms with Crippen LogP contribution < -0.4 is 10.3 Å². The first-order chi connectivity index (χ1) is 29.7. The molecule has 8 rings (SSSR count).